The molecule has 1 rings (SSSR count). The molecule has 1 aliphatic heterocycles. The number of nitrogens with one attached hydrogen (secondary N) is 1. The molecule has 1 saturated heterocycles. The van der Waals surface area contributed by atoms with Crippen LogP contribution in [0.2, 0.25) is 0 Å². The average Bonchev–Trinajstić information content (AvgIpc) is 2.19. The topological polar surface area (TPSA) is 15.3 Å². The first-order valence-corrected chi connectivity index (χ1v) is 6.11. The summed E-state index contributed by atoms with van der Waals surface area (Å²) in [6.07, 6.45) is 7.86. The largest absolute Gasteiger partial charge is 0.311 e. The molecule has 2 unspecified atom stereocenters. The van der Waals surface area contributed by atoms with E-state index in [0.717, 1.165) is 32.0 Å². The van der Waals surface area contributed by atoms with E-state index >= 15 is 0 Å². The predicted molar refractivity (Wildman–Crippen MR) is 65.7 cm³/mol. The summed E-state index contributed by atoms with van der Waals surface area (Å²) in [7, 11) is 0. The van der Waals surface area contributed by atoms with Crippen LogP contribution >= 0.6 is 0 Å². The summed E-state index contributed by atoms with van der Waals surface area (Å²) in [4.78, 5) is 2.45. The standard InChI is InChI=1S/C13H24N2/c1-5-13(6-2)15-8-7-14-12(10-15)9-11(3)4/h1,11-14H,6-10H2,2-4H3. The lowest BCUT2D eigenvalue weighted by Gasteiger charge is -2.37. The van der Waals surface area contributed by atoms with E-state index < -0.39 is 0 Å². The zero-order valence-electron chi connectivity index (χ0n) is 10.3. The molecule has 2 heteroatoms. The maximum Gasteiger partial charge on any atom is 0.0710 e. The van der Waals surface area contributed by atoms with Crippen LogP contribution in [0.5, 0.6) is 0 Å². The summed E-state index contributed by atoms with van der Waals surface area (Å²) in [6, 6.07) is 0.961. The Hall–Kier alpha value is -0.520. The Kier molecular flexibility index (Phi) is 5.14. The highest BCUT2D eigenvalue weighted by atomic mass is 15.2. The fraction of sp³-hybridized carbons (Fsp3) is 0.846. The van der Waals surface area contributed by atoms with Crippen molar-refractivity contribution in [3.63, 3.8) is 0 Å². The van der Waals surface area contributed by atoms with Gasteiger partial charge < -0.3 is 5.32 Å². The third-order valence-electron chi connectivity index (χ3n) is 3.06. The van der Waals surface area contributed by atoms with Crippen molar-refractivity contribution in [1.29, 1.82) is 0 Å². The van der Waals surface area contributed by atoms with Gasteiger partial charge in [0, 0.05) is 25.7 Å². The minimum absolute atomic E-state index is 0.335. The van der Waals surface area contributed by atoms with Gasteiger partial charge in [-0.2, -0.15) is 0 Å². The van der Waals surface area contributed by atoms with Crippen LogP contribution in [0.15, 0.2) is 0 Å². The van der Waals surface area contributed by atoms with Gasteiger partial charge in [0.15, 0.2) is 0 Å². The van der Waals surface area contributed by atoms with Crippen molar-refractivity contribution in [3.05, 3.63) is 0 Å². The van der Waals surface area contributed by atoms with Crippen molar-refractivity contribution >= 4 is 0 Å². The Labute approximate surface area is 94.4 Å². The molecule has 0 aromatic heterocycles. The molecule has 15 heavy (non-hydrogen) atoms. The maximum atomic E-state index is 5.55. The molecule has 0 radical (unpaired) electrons. The molecule has 0 amide bonds. The Morgan fingerprint density at radius 3 is 2.80 bits per heavy atom. The first-order chi connectivity index (χ1) is 7.17. The number of rotatable bonds is 4. The Morgan fingerprint density at radius 1 is 1.53 bits per heavy atom. The highest BCUT2D eigenvalue weighted by Crippen LogP contribution is 2.12. The minimum Gasteiger partial charge on any atom is -0.311 e. The first-order valence-electron chi connectivity index (χ1n) is 6.11. The fourth-order valence-corrected chi connectivity index (χ4v) is 2.34. The molecule has 1 heterocycles. The maximum absolute atomic E-state index is 5.55. The third-order valence-corrected chi connectivity index (χ3v) is 3.06. The lowest BCUT2D eigenvalue weighted by Crippen LogP contribution is -2.53. The zero-order chi connectivity index (χ0) is 11.3. The smallest absolute Gasteiger partial charge is 0.0710 e. The Bertz CT molecular complexity index is 217. The van der Waals surface area contributed by atoms with Gasteiger partial charge in [-0.3, -0.25) is 4.90 Å². The highest BCUT2D eigenvalue weighted by Gasteiger charge is 2.23. The average molecular weight is 208 g/mol. The molecule has 86 valence electrons. The van der Waals surface area contributed by atoms with Gasteiger partial charge in [-0.05, 0) is 18.8 Å². The summed E-state index contributed by atoms with van der Waals surface area (Å²) in [6.45, 7) is 10.0. The molecule has 2 nitrogen and oxygen atoms in total. The van der Waals surface area contributed by atoms with Crippen LogP contribution in [0, 0.1) is 18.3 Å². The number of hydrogen-bond donors (Lipinski definition) is 1. The molecular weight excluding hydrogens is 184 g/mol. The second-order valence-electron chi connectivity index (χ2n) is 4.87. The summed E-state index contributed by atoms with van der Waals surface area (Å²) >= 11 is 0. The fourth-order valence-electron chi connectivity index (χ4n) is 2.34. The van der Waals surface area contributed by atoms with E-state index in [1.165, 1.54) is 6.42 Å². The molecule has 1 aliphatic rings. The van der Waals surface area contributed by atoms with E-state index in [4.69, 9.17) is 6.42 Å². The second kappa shape index (κ2) is 6.15. The summed E-state index contributed by atoms with van der Waals surface area (Å²) < 4.78 is 0. The van der Waals surface area contributed by atoms with Gasteiger partial charge in [0.2, 0.25) is 0 Å². The van der Waals surface area contributed by atoms with Crippen molar-refractivity contribution < 1.29 is 0 Å². The number of hydrogen-bond acceptors (Lipinski definition) is 2. The van der Waals surface area contributed by atoms with Crippen LogP contribution in [0.3, 0.4) is 0 Å². The van der Waals surface area contributed by atoms with Gasteiger partial charge in [-0.15, -0.1) is 6.42 Å². The molecule has 0 bridgehead atoms. The minimum atomic E-state index is 0.335. The molecule has 0 aromatic rings. The number of nitrogens with zero attached hydrogens (tertiary/aromatic N) is 1. The summed E-state index contributed by atoms with van der Waals surface area (Å²) in [5.41, 5.74) is 0. The lowest BCUT2D eigenvalue weighted by molar-refractivity contribution is 0.158. The monoisotopic (exact) mass is 208 g/mol. The molecule has 0 saturated carbocycles. The Morgan fingerprint density at radius 2 is 2.27 bits per heavy atom. The molecular formula is C13H24N2. The van der Waals surface area contributed by atoms with E-state index in [2.05, 4.69) is 36.9 Å². The summed E-state index contributed by atoms with van der Waals surface area (Å²) in [5.74, 6) is 3.65. The van der Waals surface area contributed by atoms with Gasteiger partial charge in [0.25, 0.3) is 0 Å². The van der Waals surface area contributed by atoms with Crippen molar-refractivity contribution in [2.45, 2.75) is 45.7 Å². The quantitative estimate of drug-likeness (QED) is 0.708. The summed E-state index contributed by atoms with van der Waals surface area (Å²) in [5, 5.41) is 3.57. The molecule has 1 N–H and O–H groups in total. The van der Waals surface area contributed by atoms with Crippen LogP contribution in [-0.4, -0.2) is 36.6 Å². The number of piperazine rings is 1. The highest BCUT2D eigenvalue weighted by molar-refractivity contribution is 5.01. The van der Waals surface area contributed by atoms with E-state index in [1.54, 1.807) is 0 Å². The normalized spacial score (nSPS) is 25.1. The molecule has 0 aromatic carbocycles. The zero-order valence-corrected chi connectivity index (χ0v) is 10.3. The van der Waals surface area contributed by atoms with Crippen molar-refractivity contribution in [1.82, 2.24) is 10.2 Å². The van der Waals surface area contributed by atoms with Gasteiger partial charge in [-0.1, -0.05) is 26.7 Å². The van der Waals surface area contributed by atoms with Crippen molar-refractivity contribution in [3.8, 4) is 12.3 Å². The van der Waals surface area contributed by atoms with Crippen LogP contribution in [-0.2, 0) is 0 Å². The van der Waals surface area contributed by atoms with Gasteiger partial charge >= 0.3 is 0 Å². The lowest BCUT2D eigenvalue weighted by atomic mass is 10.0. The van der Waals surface area contributed by atoms with Crippen LogP contribution in [0.1, 0.15) is 33.6 Å². The second-order valence-corrected chi connectivity index (χ2v) is 4.87. The molecule has 0 aliphatic carbocycles. The predicted octanol–water partition coefficient (Wildman–Crippen LogP) is 1.72. The van der Waals surface area contributed by atoms with Crippen LogP contribution in [0.4, 0.5) is 0 Å². The molecule has 0 spiro atoms. The van der Waals surface area contributed by atoms with Crippen LogP contribution in [0.25, 0.3) is 0 Å². The van der Waals surface area contributed by atoms with Crippen LogP contribution < -0.4 is 5.32 Å². The van der Waals surface area contributed by atoms with Gasteiger partial charge in [-0.25, -0.2) is 0 Å². The first kappa shape index (κ1) is 12.5. The Balaban J connectivity index is 2.45. The molecule has 1 fully saturated rings. The molecule has 2 atom stereocenters. The number of terminal acetylenes is 1. The van der Waals surface area contributed by atoms with E-state index in [1.807, 2.05) is 0 Å². The van der Waals surface area contributed by atoms with E-state index in [9.17, 15) is 0 Å². The van der Waals surface area contributed by atoms with Gasteiger partial charge in [0.1, 0.15) is 0 Å². The van der Waals surface area contributed by atoms with Crippen molar-refractivity contribution in [2.75, 3.05) is 19.6 Å². The SMILES string of the molecule is C#CC(CC)N1CCNC(CC(C)C)C1. The van der Waals surface area contributed by atoms with E-state index in [0.29, 0.717) is 12.1 Å². The van der Waals surface area contributed by atoms with Crippen molar-refractivity contribution in [2.24, 2.45) is 5.92 Å². The third kappa shape index (κ3) is 3.85. The van der Waals surface area contributed by atoms with Gasteiger partial charge in [0.05, 0.1) is 6.04 Å². The van der Waals surface area contributed by atoms with E-state index in [-0.39, 0.29) is 0 Å².